The molecule has 0 aromatic heterocycles. The van der Waals surface area contributed by atoms with Crippen molar-refractivity contribution in [2.75, 3.05) is 6.61 Å². The fraction of sp³-hybridized carbons (Fsp3) is 0.944. The summed E-state index contributed by atoms with van der Waals surface area (Å²) in [4.78, 5) is 0. The summed E-state index contributed by atoms with van der Waals surface area (Å²) < 4.78 is 6.04. The minimum atomic E-state index is -0.320. The Hall–Kier alpha value is -0.590. The monoisotopic (exact) mass is 292 g/mol. The molecular weight excluding hydrogens is 260 g/mol. The Morgan fingerprint density at radius 3 is 2.43 bits per heavy atom. The highest BCUT2D eigenvalue weighted by Gasteiger charge is 2.34. The molecule has 120 valence electrons. The normalized spacial score (nSPS) is 25.2. The van der Waals surface area contributed by atoms with Gasteiger partial charge in [0.1, 0.15) is 5.54 Å². The topological polar surface area (TPSA) is 45.0 Å². The molecule has 0 aromatic carbocycles. The lowest BCUT2D eigenvalue weighted by molar-refractivity contribution is 0.00138. The maximum atomic E-state index is 9.51. The molecule has 0 bridgehead atoms. The lowest BCUT2D eigenvalue weighted by Gasteiger charge is -2.34. The van der Waals surface area contributed by atoms with Crippen LogP contribution in [0.5, 0.6) is 0 Å². The van der Waals surface area contributed by atoms with Crippen molar-refractivity contribution in [1.82, 2.24) is 5.32 Å². The highest BCUT2D eigenvalue weighted by atomic mass is 16.5. The second-order valence-corrected chi connectivity index (χ2v) is 7.80. The summed E-state index contributed by atoms with van der Waals surface area (Å²) in [5.74, 6) is 0. The first kappa shape index (κ1) is 16.8. The first-order chi connectivity index (χ1) is 9.99. The van der Waals surface area contributed by atoms with E-state index in [1.807, 2.05) is 0 Å². The quantitative estimate of drug-likeness (QED) is 0.683. The third kappa shape index (κ3) is 5.27. The summed E-state index contributed by atoms with van der Waals surface area (Å²) in [6.45, 7) is 7.63. The van der Waals surface area contributed by atoms with Crippen LogP contribution in [-0.4, -0.2) is 24.3 Å². The number of ether oxygens (including phenoxy) is 1. The first-order valence-corrected chi connectivity index (χ1v) is 8.79. The van der Waals surface area contributed by atoms with Crippen molar-refractivity contribution in [2.24, 2.45) is 5.41 Å². The summed E-state index contributed by atoms with van der Waals surface area (Å²) in [6, 6.07) is 3.11. The number of rotatable bonds is 8. The zero-order valence-electron chi connectivity index (χ0n) is 14.1. The van der Waals surface area contributed by atoms with Crippen molar-refractivity contribution in [2.45, 2.75) is 96.2 Å². The fourth-order valence-corrected chi connectivity index (χ4v) is 3.30. The van der Waals surface area contributed by atoms with Crippen LogP contribution in [0, 0.1) is 16.7 Å². The molecule has 0 amide bonds. The van der Waals surface area contributed by atoms with Crippen LogP contribution < -0.4 is 5.32 Å². The summed E-state index contributed by atoms with van der Waals surface area (Å²) in [6.07, 6.45) is 10.7. The van der Waals surface area contributed by atoms with Gasteiger partial charge in [0.05, 0.1) is 12.2 Å². The Balaban J connectivity index is 1.65. The van der Waals surface area contributed by atoms with Gasteiger partial charge in [-0.3, -0.25) is 5.32 Å². The summed E-state index contributed by atoms with van der Waals surface area (Å²) in [5, 5.41) is 13.0. The van der Waals surface area contributed by atoms with Crippen LogP contribution in [-0.2, 0) is 4.74 Å². The molecule has 2 rings (SSSR count). The van der Waals surface area contributed by atoms with E-state index in [2.05, 4.69) is 32.2 Å². The van der Waals surface area contributed by atoms with E-state index in [0.717, 1.165) is 25.9 Å². The molecule has 1 N–H and O–H groups in total. The molecule has 21 heavy (non-hydrogen) atoms. The second-order valence-electron chi connectivity index (χ2n) is 7.80. The predicted molar refractivity (Wildman–Crippen MR) is 86.0 cm³/mol. The number of hydrogen-bond donors (Lipinski definition) is 1. The Morgan fingerprint density at radius 2 is 1.90 bits per heavy atom. The van der Waals surface area contributed by atoms with Gasteiger partial charge >= 0.3 is 0 Å². The molecule has 2 saturated carbocycles. The minimum Gasteiger partial charge on any atom is -0.378 e. The van der Waals surface area contributed by atoms with Crippen LogP contribution in [0.3, 0.4) is 0 Å². The van der Waals surface area contributed by atoms with Gasteiger partial charge in [-0.25, -0.2) is 0 Å². The van der Waals surface area contributed by atoms with Crippen molar-refractivity contribution in [3.63, 3.8) is 0 Å². The lowest BCUT2D eigenvalue weighted by Crippen LogP contribution is -2.45. The number of nitrogens with zero attached hydrogens (tertiary/aromatic N) is 1. The van der Waals surface area contributed by atoms with E-state index in [-0.39, 0.29) is 5.54 Å². The van der Waals surface area contributed by atoms with Crippen LogP contribution in [0.4, 0.5) is 0 Å². The zero-order chi connectivity index (χ0) is 15.3. The molecule has 3 heteroatoms. The number of hydrogen-bond acceptors (Lipinski definition) is 3. The summed E-state index contributed by atoms with van der Waals surface area (Å²) in [5.41, 5.74) is 0.186. The third-order valence-corrected chi connectivity index (χ3v) is 5.26. The molecule has 2 aliphatic carbocycles. The van der Waals surface area contributed by atoms with Crippen molar-refractivity contribution in [3.05, 3.63) is 0 Å². The van der Waals surface area contributed by atoms with Crippen molar-refractivity contribution in [1.29, 1.82) is 5.26 Å². The first-order valence-electron chi connectivity index (χ1n) is 8.79. The third-order valence-electron chi connectivity index (χ3n) is 5.26. The average molecular weight is 292 g/mol. The van der Waals surface area contributed by atoms with Gasteiger partial charge in [-0.2, -0.15) is 5.26 Å². The highest BCUT2D eigenvalue weighted by Crippen LogP contribution is 2.36. The van der Waals surface area contributed by atoms with E-state index in [1.165, 1.54) is 38.5 Å². The second kappa shape index (κ2) is 7.11. The van der Waals surface area contributed by atoms with Gasteiger partial charge in [0.15, 0.2) is 0 Å². The summed E-state index contributed by atoms with van der Waals surface area (Å²) >= 11 is 0. The minimum absolute atomic E-state index is 0.320. The molecule has 0 spiro atoms. The van der Waals surface area contributed by atoms with Gasteiger partial charge in [0, 0.05) is 12.6 Å². The van der Waals surface area contributed by atoms with Gasteiger partial charge in [-0.1, -0.05) is 20.8 Å². The largest absolute Gasteiger partial charge is 0.378 e. The molecule has 1 atom stereocenters. The maximum Gasteiger partial charge on any atom is 0.106 e. The van der Waals surface area contributed by atoms with E-state index in [9.17, 15) is 5.26 Å². The van der Waals surface area contributed by atoms with Crippen LogP contribution in [0.15, 0.2) is 0 Å². The Bertz CT molecular complexity index is 360. The van der Waals surface area contributed by atoms with Gasteiger partial charge in [-0.15, -0.1) is 0 Å². The molecule has 0 aromatic rings. The van der Waals surface area contributed by atoms with Crippen molar-refractivity contribution < 1.29 is 4.74 Å². The predicted octanol–water partition coefficient (Wildman–Crippen LogP) is 4.18. The molecule has 0 saturated heterocycles. The number of nitriles is 1. The molecule has 0 aliphatic heterocycles. The SMILES string of the molecule is CCC(C#N)(CCCOC1CCC(C)(C)CC1)NC1CC1. The standard InChI is InChI=1S/C18H32N2O/c1-4-18(14-19,20-15-6-7-15)10-5-13-21-16-8-11-17(2,3)12-9-16/h15-16,20H,4-13H2,1-3H3. The van der Waals surface area contributed by atoms with Gasteiger partial charge < -0.3 is 4.74 Å². The van der Waals surface area contributed by atoms with Crippen molar-refractivity contribution >= 4 is 0 Å². The van der Waals surface area contributed by atoms with Crippen LogP contribution >= 0.6 is 0 Å². The smallest absolute Gasteiger partial charge is 0.106 e. The fourth-order valence-electron chi connectivity index (χ4n) is 3.30. The molecule has 3 nitrogen and oxygen atoms in total. The van der Waals surface area contributed by atoms with E-state index < -0.39 is 0 Å². The van der Waals surface area contributed by atoms with Crippen LogP contribution in [0.1, 0.15) is 78.6 Å². The van der Waals surface area contributed by atoms with E-state index in [1.54, 1.807) is 0 Å². The Labute approximate surface area is 130 Å². The van der Waals surface area contributed by atoms with E-state index >= 15 is 0 Å². The maximum absolute atomic E-state index is 9.51. The number of nitrogens with one attached hydrogen (secondary N) is 1. The Kier molecular flexibility index (Phi) is 5.68. The van der Waals surface area contributed by atoms with Gasteiger partial charge in [0.2, 0.25) is 0 Å². The average Bonchev–Trinajstić information content (AvgIpc) is 3.27. The van der Waals surface area contributed by atoms with Gasteiger partial charge in [-0.05, 0) is 63.2 Å². The van der Waals surface area contributed by atoms with E-state index in [0.29, 0.717) is 17.6 Å². The Morgan fingerprint density at radius 1 is 1.24 bits per heavy atom. The molecule has 2 fully saturated rings. The molecule has 0 radical (unpaired) electrons. The van der Waals surface area contributed by atoms with E-state index in [4.69, 9.17) is 4.74 Å². The molecule has 1 unspecified atom stereocenters. The highest BCUT2D eigenvalue weighted by molar-refractivity contribution is 5.09. The van der Waals surface area contributed by atoms with Crippen molar-refractivity contribution in [3.8, 4) is 6.07 Å². The molecular formula is C18H32N2O. The summed E-state index contributed by atoms with van der Waals surface area (Å²) in [7, 11) is 0. The van der Waals surface area contributed by atoms with Crippen LogP contribution in [0.2, 0.25) is 0 Å². The molecule has 0 heterocycles. The zero-order valence-corrected chi connectivity index (χ0v) is 14.1. The van der Waals surface area contributed by atoms with Crippen LogP contribution in [0.25, 0.3) is 0 Å². The lowest BCUT2D eigenvalue weighted by atomic mass is 9.76. The molecule has 2 aliphatic rings. The van der Waals surface area contributed by atoms with Gasteiger partial charge in [0.25, 0.3) is 0 Å².